The highest BCUT2D eigenvalue weighted by molar-refractivity contribution is 4.99. The molecule has 2 atom stereocenters. The summed E-state index contributed by atoms with van der Waals surface area (Å²) in [7, 11) is 4.24. The summed E-state index contributed by atoms with van der Waals surface area (Å²) in [6, 6.07) is 1.00. The predicted octanol–water partition coefficient (Wildman–Crippen LogP) is 1.87. The molecule has 1 N–H and O–H groups in total. The lowest BCUT2D eigenvalue weighted by atomic mass is 9.94. The summed E-state index contributed by atoms with van der Waals surface area (Å²) >= 11 is 0. The van der Waals surface area contributed by atoms with E-state index in [1.807, 2.05) is 0 Å². The van der Waals surface area contributed by atoms with E-state index in [-0.39, 0.29) is 11.2 Å². The number of hydrogen-bond donors (Lipinski definition) is 1. The lowest BCUT2D eigenvalue weighted by molar-refractivity contribution is -0.0699. The Morgan fingerprint density at radius 3 is 2.25 bits per heavy atom. The van der Waals surface area contributed by atoms with E-state index in [4.69, 9.17) is 4.74 Å². The van der Waals surface area contributed by atoms with Crippen LogP contribution in [0.1, 0.15) is 41.0 Å². The maximum absolute atomic E-state index is 6.07. The van der Waals surface area contributed by atoms with Crippen LogP contribution >= 0.6 is 0 Å². The third-order valence-corrected chi connectivity index (χ3v) is 3.62. The molecule has 96 valence electrons. The summed E-state index contributed by atoms with van der Waals surface area (Å²) < 4.78 is 6.07. The Kier molecular flexibility index (Phi) is 4.04. The van der Waals surface area contributed by atoms with Gasteiger partial charge in [0.1, 0.15) is 0 Å². The molecule has 16 heavy (non-hydrogen) atoms. The van der Waals surface area contributed by atoms with Crippen molar-refractivity contribution in [3.8, 4) is 0 Å². The minimum atomic E-state index is -0.0600. The zero-order valence-corrected chi connectivity index (χ0v) is 11.9. The lowest BCUT2D eigenvalue weighted by Crippen LogP contribution is -2.47. The van der Waals surface area contributed by atoms with Crippen LogP contribution in [-0.4, -0.2) is 48.8 Å². The molecule has 0 aliphatic carbocycles. The van der Waals surface area contributed by atoms with Crippen molar-refractivity contribution in [2.75, 3.05) is 20.6 Å². The smallest absolute Gasteiger partial charge is 0.0787 e. The normalized spacial score (nSPS) is 29.6. The molecular weight excluding hydrogens is 200 g/mol. The van der Waals surface area contributed by atoms with Crippen LogP contribution in [0.25, 0.3) is 0 Å². The number of likely N-dealkylation sites (N-methyl/N-ethyl adjacent to an activating group) is 1. The molecule has 0 bridgehead atoms. The van der Waals surface area contributed by atoms with E-state index < -0.39 is 0 Å². The second-order valence-corrected chi connectivity index (χ2v) is 6.44. The first kappa shape index (κ1) is 13.9. The fraction of sp³-hybridized carbons (Fsp3) is 1.00. The third-order valence-electron chi connectivity index (χ3n) is 3.62. The number of rotatable bonds is 4. The number of nitrogens with zero attached hydrogens (tertiary/aromatic N) is 1. The summed E-state index contributed by atoms with van der Waals surface area (Å²) in [6.45, 7) is 12.0. The van der Waals surface area contributed by atoms with Crippen molar-refractivity contribution in [1.29, 1.82) is 0 Å². The Bertz CT molecular complexity index is 236. The van der Waals surface area contributed by atoms with Gasteiger partial charge in [-0.3, -0.25) is 0 Å². The average Bonchev–Trinajstić information content (AvgIpc) is 2.29. The van der Waals surface area contributed by atoms with Crippen molar-refractivity contribution in [3.05, 3.63) is 0 Å². The molecule has 0 saturated carbocycles. The van der Waals surface area contributed by atoms with Crippen molar-refractivity contribution >= 4 is 0 Å². The number of ether oxygens (including phenoxy) is 1. The third kappa shape index (κ3) is 3.44. The monoisotopic (exact) mass is 228 g/mol. The van der Waals surface area contributed by atoms with Gasteiger partial charge in [0, 0.05) is 18.6 Å². The van der Waals surface area contributed by atoms with Gasteiger partial charge in [-0.05, 0) is 55.1 Å². The summed E-state index contributed by atoms with van der Waals surface area (Å²) in [5.74, 6) is 0. The quantitative estimate of drug-likeness (QED) is 0.795. The van der Waals surface area contributed by atoms with Gasteiger partial charge in [-0.2, -0.15) is 0 Å². The minimum Gasteiger partial charge on any atom is -0.368 e. The molecule has 0 aromatic carbocycles. The minimum absolute atomic E-state index is 0.00250. The molecule has 1 heterocycles. The topological polar surface area (TPSA) is 24.5 Å². The Balaban J connectivity index is 2.49. The molecule has 1 aliphatic heterocycles. The Hall–Kier alpha value is -0.120. The SMILES string of the molecule is CC(CNC1CC(C)(C)OC1(C)C)N(C)C. The van der Waals surface area contributed by atoms with Crippen LogP contribution in [-0.2, 0) is 4.74 Å². The molecule has 0 aromatic heterocycles. The second-order valence-electron chi connectivity index (χ2n) is 6.44. The lowest BCUT2D eigenvalue weighted by Gasteiger charge is -2.29. The first-order valence-corrected chi connectivity index (χ1v) is 6.24. The van der Waals surface area contributed by atoms with E-state index >= 15 is 0 Å². The zero-order chi connectivity index (χ0) is 12.6. The second kappa shape index (κ2) is 4.63. The van der Waals surface area contributed by atoms with Crippen LogP contribution in [0.5, 0.6) is 0 Å². The molecule has 1 rings (SSSR count). The van der Waals surface area contributed by atoms with Gasteiger partial charge in [0.2, 0.25) is 0 Å². The first-order valence-electron chi connectivity index (χ1n) is 6.24. The summed E-state index contributed by atoms with van der Waals surface area (Å²) in [5.41, 5.74) is -0.0575. The molecule has 0 amide bonds. The summed E-state index contributed by atoms with van der Waals surface area (Å²) in [6.07, 6.45) is 1.08. The van der Waals surface area contributed by atoms with Crippen molar-refractivity contribution < 1.29 is 4.74 Å². The maximum Gasteiger partial charge on any atom is 0.0787 e. The summed E-state index contributed by atoms with van der Waals surface area (Å²) in [4.78, 5) is 2.24. The standard InChI is InChI=1S/C13H28N2O/c1-10(15(6)7)9-14-11-8-12(2,3)16-13(11,4)5/h10-11,14H,8-9H2,1-7H3. The van der Waals surface area contributed by atoms with Crippen LogP contribution in [0.4, 0.5) is 0 Å². The molecule has 3 heteroatoms. The molecule has 1 saturated heterocycles. The molecule has 0 aromatic rings. The van der Waals surface area contributed by atoms with Crippen molar-refractivity contribution in [2.45, 2.75) is 64.3 Å². The van der Waals surface area contributed by atoms with Gasteiger partial charge in [0.15, 0.2) is 0 Å². The van der Waals surface area contributed by atoms with E-state index in [1.165, 1.54) is 0 Å². The molecule has 1 aliphatic rings. The number of hydrogen-bond acceptors (Lipinski definition) is 3. The molecule has 1 fully saturated rings. The fourth-order valence-electron chi connectivity index (χ4n) is 2.38. The van der Waals surface area contributed by atoms with Gasteiger partial charge in [0.25, 0.3) is 0 Å². The molecule has 3 nitrogen and oxygen atoms in total. The Morgan fingerprint density at radius 1 is 1.31 bits per heavy atom. The van der Waals surface area contributed by atoms with Crippen molar-refractivity contribution in [2.24, 2.45) is 0 Å². The largest absolute Gasteiger partial charge is 0.368 e. The van der Waals surface area contributed by atoms with Crippen LogP contribution in [0.15, 0.2) is 0 Å². The van der Waals surface area contributed by atoms with Gasteiger partial charge in [-0.15, -0.1) is 0 Å². The number of nitrogens with one attached hydrogen (secondary N) is 1. The zero-order valence-electron chi connectivity index (χ0n) is 11.9. The molecular formula is C13H28N2O. The highest BCUT2D eigenvalue weighted by Gasteiger charge is 2.45. The molecule has 2 unspecified atom stereocenters. The van der Waals surface area contributed by atoms with Gasteiger partial charge in [0.05, 0.1) is 11.2 Å². The predicted molar refractivity (Wildman–Crippen MR) is 68.8 cm³/mol. The van der Waals surface area contributed by atoms with Gasteiger partial charge >= 0.3 is 0 Å². The van der Waals surface area contributed by atoms with Crippen LogP contribution in [0.2, 0.25) is 0 Å². The van der Waals surface area contributed by atoms with Gasteiger partial charge in [-0.1, -0.05) is 0 Å². The fourth-order valence-corrected chi connectivity index (χ4v) is 2.38. The molecule has 0 radical (unpaired) electrons. The van der Waals surface area contributed by atoms with E-state index in [1.54, 1.807) is 0 Å². The molecule has 0 spiro atoms. The van der Waals surface area contributed by atoms with E-state index in [9.17, 15) is 0 Å². The van der Waals surface area contributed by atoms with Gasteiger partial charge in [-0.25, -0.2) is 0 Å². The van der Waals surface area contributed by atoms with Gasteiger partial charge < -0.3 is 15.0 Å². The highest BCUT2D eigenvalue weighted by Crippen LogP contribution is 2.37. The average molecular weight is 228 g/mol. The highest BCUT2D eigenvalue weighted by atomic mass is 16.5. The van der Waals surface area contributed by atoms with Crippen LogP contribution < -0.4 is 5.32 Å². The maximum atomic E-state index is 6.07. The first-order chi connectivity index (χ1) is 7.14. The Morgan fingerprint density at radius 2 is 1.88 bits per heavy atom. The van der Waals surface area contributed by atoms with Crippen LogP contribution in [0, 0.1) is 0 Å². The Labute approximate surface area is 101 Å². The van der Waals surface area contributed by atoms with Crippen molar-refractivity contribution in [3.63, 3.8) is 0 Å². The van der Waals surface area contributed by atoms with Crippen molar-refractivity contribution in [1.82, 2.24) is 10.2 Å². The van der Waals surface area contributed by atoms with E-state index in [2.05, 4.69) is 58.9 Å². The van der Waals surface area contributed by atoms with Crippen LogP contribution in [0.3, 0.4) is 0 Å². The van der Waals surface area contributed by atoms with E-state index in [0.717, 1.165) is 13.0 Å². The summed E-state index contributed by atoms with van der Waals surface area (Å²) in [5, 5.41) is 3.64. The van der Waals surface area contributed by atoms with E-state index in [0.29, 0.717) is 12.1 Å².